The highest BCUT2D eigenvalue weighted by Crippen LogP contribution is 2.17. The molecule has 0 fully saturated rings. The summed E-state index contributed by atoms with van der Waals surface area (Å²) in [6.07, 6.45) is 1.41. The number of furan rings is 1. The Labute approximate surface area is 161 Å². The fourth-order valence-electron chi connectivity index (χ4n) is 2.34. The average Bonchev–Trinajstić information content (AvgIpc) is 3.22. The number of amides is 2. The molecule has 0 aliphatic rings. The number of para-hydroxylation sites is 1. The Morgan fingerprint density at radius 3 is 2.48 bits per heavy atom. The average molecular weight is 385 g/mol. The molecule has 0 bridgehead atoms. The highest BCUT2D eigenvalue weighted by atomic mass is 35.5. The molecule has 3 rings (SSSR count). The van der Waals surface area contributed by atoms with Crippen LogP contribution in [0.2, 0.25) is 5.02 Å². The van der Waals surface area contributed by atoms with Gasteiger partial charge in [0.2, 0.25) is 0 Å². The number of nitrogens with one attached hydrogen (secondary N) is 2. The number of benzene rings is 2. The van der Waals surface area contributed by atoms with Gasteiger partial charge in [0.25, 0.3) is 11.8 Å². The Hall–Kier alpha value is -3.25. The minimum atomic E-state index is -0.425. The van der Waals surface area contributed by atoms with Gasteiger partial charge >= 0.3 is 0 Å². The van der Waals surface area contributed by atoms with Crippen LogP contribution in [-0.2, 0) is 0 Å². The highest BCUT2D eigenvalue weighted by molar-refractivity contribution is 6.30. The lowest BCUT2D eigenvalue weighted by Gasteiger charge is -2.11. The smallest absolute Gasteiger partial charge is 0.291 e. The predicted octanol–water partition coefficient (Wildman–Crippen LogP) is 3.99. The topological polar surface area (TPSA) is 80.6 Å². The van der Waals surface area contributed by atoms with E-state index in [1.54, 1.807) is 60.7 Å². The molecule has 0 aliphatic carbocycles. The van der Waals surface area contributed by atoms with E-state index in [9.17, 15) is 9.59 Å². The standard InChI is InChI=1S/C20H17ClN2O4/c21-14-7-9-15(10-8-14)26-13-11-22-19(24)16-4-1-2-5-17(16)23-20(25)18-6-3-12-27-18/h1-10,12H,11,13H2,(H,22,24)(H,23,25). The largest absolute Gasteiger partial charge is 0.492 e. The van der Waals surface area contributed by atoms with E-state index >= 15 is 0 Å². The van der Waals surface area contributed by atoms with Crippen LogP contribution in [-0.4, -0.2) is 25.0 Å². The first-order chi connectivity index (χ1) is 13.1. The van der Waals surface area contributed by atoms with Crippen LogP contribution >= 0.6 is 11.6 Å². The molecule has 2 amide bonds. The molecule has 6 nitrogen and oxygen atoms in total. The number of carbonyl (C=O) groups excluding carboxylic acids is 2. The molecule has 27 heavy (non-hydrogen) atoms. The SMILES string of the molecule is O=C(Nc1ccccc1C(=O)NCCOc1ccc(Cl)cc1)c1ccco1. The van der Waals surface area contributed by atoms with Crippen molar-refractivity contribution in [2.45, 2.75) is 0 Å². The molecule has 0 atom stereocenters. The zero-order valence-corrected chi connectivity index (χ0v) is 15.0. The summed E-state index contributed by atoms with van der Waals surface area (Å²) < 4.78 is 10.6. The Morgan fingerprint density at radius 1 is 0.963 bits per heavy atom. The van der Waals surface area contributed by atoms with E-state index in [-0.39, 0.29) is 11.7 Å². The van der Waals surface area contributed by atoms with Crippen molar-refractivity contribution in [2.75, 3.05) is 18.5 Å². The van der Waals surface area contributed by atoms with Gasteiger partial charge in [-0.1, -0.05) is 23.7 Å². The van der Waals surface area contributed by atoms with Gasteiger partial charge in [-0.3, -0.25) is 9.59 Å². The molecule has 0 spiro atoms. The maximum atomic E-state index is 12.4. The van der Waals surface area contributed by atoms with E-state index in [0.29, 0.717) is 35.2 Å². The summed E-state index contributed by atoms with van der Waals surface area (Å²) in [4.78, 5) is 24.6. The van der Waals surface area contributed by atoms with Crippen molar-refractivity contribution in [3.05, 3.63) is 83.3 Å². The molecular weight excluding hydrogens is 368 g/mol. The third-order valence-corrected chi connectivity index (χ3v) is 3.89. The van der Waals surface area contributed by atoms with Crippen LogP contribution < -0.4 is 15.4 Å². The van der Waals surface area contributed by atoms with Crippen molar-refractivity contribution in [3.8, 4) is 5.75 Å². The molecule has 2 N–H and O–H groups in total. The zero-order valence-electron chi connectivity index (χ0n) is 14.3. The number of ether oxygens (including phenoxy) is 1. The molecule has 0 aliphatic heterocycles. The number of rotatable bonds is 7. The quantitative estimate of drug-likeness (QED) is 0.603. The van der Waals surface area contributed by atoms with Gasteiger partial charge in [0.15, 0.2) is 5.76 Å². The molecule has 7 heteroatoms. The number of hydrogen-bond donors (Lipinski definition) is 2. The van der Waals surface area contributed by atoms with Gasteiger partial charge in [-0.2, -0.15) is 0 Å². The normalized spacial score (nSPS) is 10.3. The van der Waals surface area contributed by atoms with E-state index in [1.807, 2.05) is 0 Å². The second-order valence-electron chi connectivity index (χ2n) is 5.54. The van der Waals surface area contributed by atoms with Crippen LogP contribution in [0.4, 0.5) is 5.69 Å². The molecule has 2 aromatic carbocycles. The summed E-state index contributed by atoms with van der Waals surface area (Å²) in [5.41, 5.74) is 0.749. The summed E-state index contributed by atoms with van der Waals surface area (Å²) in [5.74, 6) is 0.0951. The molecule has 0 saturated carbocycles. The first-order valence-corrected chi connectivity index (χ1v) is 8.62. The fourth-order valence-corrected chi connectivity index (χ4v) is 2.47. The zero-order chi connectivity index (χ0) is 19.1. The van der Waals surface area contributed by atoms with Crippen molar-refractivity contribution >= 4 is 29.1 Å². The van der Waals surface area contributed by atoms with Gasteiger partial charge in [0, 0.05) is 5.02 Å². The summed E-state index contributed by atoms with van der Waals surface area (Å²) >= 11 is 5.82. The molecule has 0 unspecified atom stereocenters. The lowest BCUT2D eigenvalue weighted by atomic mass is 10.1. The Balaban J connectivity index is 1.55. The van der Waals surface area contributed by atoms with Crippen LogP contribution in [0.15, 0.2) is 71.3 Å². The van der Waals surface area contributed by atoms with E-state index in [2.05, 4.69) is 10.6 Å². The molecule has 1 heterocycles. The molecule has 0 radical (unpaired) electrons. The second-order valence-corrected chi connectivity index (χ2v) is 5.97. The molecule has 138 valence electrons. The van der Waals surface area contributed by atoms with Crippen molar-refractivity contribution in [1.82, 2.24) is 5.32 Å². The van der Waals surface area contributed by atoms with Crippen molar-refractivity contribution in [2.24, 2.45) is 0 Å². The second kappa shape index (κ2) is 8.91. The first kappa shape index (κ1) is 18.5. The Bertz CT molecular complexity index is 908. The number of anilines is 1. The lowest BCUT2D eigenvalue weighted by molar-refractivity contribution is 0.0948. The Morgan fingerprint density at radius 2 is 1.74 bits per heavy atom. The van der Waals surface area contributed by atoms with Crippen LogP contribution in [0, 0.1) is 0 Å². The van der Waals surface area contributed by atoms with E-state index in [0.717, 1.165) is 0 Å². The number of carbonyl (C=O) groups is 2. The van der Waals surface area contributed by atoms with Crippen LogP contribution in [0.25, 0.3) is 0 Å². The number of halogens is 1. The van der Waals surface area contributed by atoms with Gasteiger partial charge in [-0.25, -0.2) is 0 Å². The van der Waals surface area contributed by atoms with Crippen LogP contribution in [0.3, 0.4) is 0 Å². The van der Waals surface area contributed by atoms with E-state index in [1.165, 1.54) is 6.26 Å². The molecule has 3 aromatic rings. The summed E-state index contributed by atoms with van der Waals surface area (Å²) in [6.45, 7) is 0.607. The summed E-state index contributed by atoms with van der Waals surface area (Å²) in [6, 6.07) is 16.9. The maximum Gasteiger partial charge on any atom is 0.291 e. The van der Waals surface area contributed by atoms with E-state index in [4.69, 9.17) is 20.8 Å². The molecular formula is C20H17ClN2O4. The van der Waals surface area contributed by atoms with Gasteiger partial charge in [-0.15, -0.1) is 0 Å². The monoisotopic (exact) mass is 384 g/mol. The third kappa shape index (κ3) is 5.12. The summed E-state index contributed by atoms with van der Waals surface area (Å²) in [5, 5.41) is 6.07. The minimum absolute atomic E-state index is 0.168. The van der Waals surface area contributed by atoms with E-state index < -0.39 is 5.91 Å². The summed E-state index contributed by atoms with van der Waals surface area (Å²) in [7, 11) is 0. The molecule has 1 aromatic heterocycles. The van der Waals surface area contributed by atoms with Crippen molar-refractivity contribution in [1.29, 1.82) is 0 Å². The minimum Gasteiger partial charge on any atom is -0.492 e. The van der Waals surface area contributed by atoms with Gasteiger partial charge in [0.1, 0.15) is 12.4 Å². The van der Waals surface area contributed by atoms with Gasteiger partial charge < -0.3 is 19.8 Å². The lowest BCUT2D eigenvalue weighted by Crippen LogP contribution is -2.29. The Kier molecular flexibility index (Phi) is 6.12. The van der Waals surface area contributed by atoms with Crippen molar-refractivity contribution < 1.29 is 18.7 Å². The van der Waals surface area contributed by atoms with Gasteiger partial charge in [-0.05, 0) is 48.5 Å². The number of hydrogen-bond acceptors (Lipinski definition) is 4. The van der Waals surface area contributed by atoms with Gasteiger partial charge in [0.05, 0.1) is 24.1 Å². The highest BCUT2D eigenvalue weighted by Gasteiger charge is 2.15. The van der Waals surface area contributed by atoms with Crippen molar-refractivity contribution in [3.63, 3.8) is 0 Å². The predicted molar refractivity (Wildman–Crippen MR) is 102 cm³/mol. The molecule has 0 saturated heterocycles. The first-order valence-electron chi connectivity index (χ1n) is 8.24. The van der Waals surface area contributed by atoms with Crippen LogP contribution in [0.5, 0.6) is 5.75 Å². The third-order valence-electron chi connectivity index (χ3n) is 3.63. The fraction of sp³-hybridized carbons (Fsp3) is 0.100. The maximum absolute atomic E-state index is 12.4. The van der Waals surface area contributed by atoms with Crippen LogP contribution in [0.1, 0.15) is 20.9 Å².